The van der Waals surface area contributed by atoms with E-state index in [2.05, 4.69) is 19.1 Å². The molecular weight excluding hydrogens is 248 g/mol. The first-order valence-corrected chi connectivity index (χ1v) is 6.97. The molecule has 1 aromatic carbocycles. The van der Waals surface area contributed by atoms with Gasteiger partial charge in [-0.15, -0.1) is 0 Å². The van der Waals surface area contributed by atoms with Gasteiger partial charge in [0.2, 0.25) is 0 Å². The molecule has 0 aliphatic rings. The monoisotopic (exact) mass is 270 g/mol. The maximum Gasteiger partial charge on any atom is 0.255 e. The summed E-state index contributed by atoms with van der Waals surface area (Å²) in [6.45, 7) is 6.00. The molecular formula is C17H22N2O. The summed E-state index contributed by atoms with van der Waals surface area (Å²) in [5.41, 5.74) is 11.1. The van der Waals surface area contributed by atoms with E-state index in [0.717, 1.165) is 23.2 Å². The fraction of sp³-hybridized carbons (Fsp3) is 0.353. The van der Waals surface area contributed by atoms with Crippen LogP contribution in [0.15, 0.2) is 35.1 Å². The lowest BCUT2D eigenvalue weighted by Gasteiger charge is -2.17. The van der Waals surface area contributed by atoms with E-state index in [9.17, 15) is 4.79 Å². The Morgan fingerprint density at radius 3 is 2.35 bits per heavy atom. The molecule has 0 radical (unpaired) electrons. The first-order valence-electron chi connectivity index (χ1n) is 6.97. The second-order valence-electron chi connectivity index (χ2n) is 5.32. The Hall–Kier alpha value is -1.87. The highest BCUT2D eigenvalue weighted by Gasteiger charge is 2.17. The van der Waals surface area contributed by atoms with Crippen molar-refractivity contribution in [2.45, 2.75) is 33.2 Å². The van der Waals surface area contributed by atoms with Crippen LogP contribution in [0.4, 0.5) is 0 Å². The van der Waals surface area contributed by atoms with E-state index in [1.54, 1.807) is 11.6 Å². The fourth-order valence-electron chi connectivity index (χ4n) is 2.50. The topological polar surface area (TPSA) is 48.0 Å². The SMILES string of the molecule is CCc1ccc(C(N)c2c(C)cc(C)n(C)c2=O)cc1. The molecule has 0 aliphatic heterocycles. The summed E-state index contributed by atoms with van der Waals surface area (Å²) in [6.07, 6.45) is 1.00. The molecule has 1 aromatic heterocycles. The van der Waals surface area contributed by atoms with Gasteiger partial charge in [0.15, 0.2) is 0 Å². The first-order chi connectivity index (χ1) is 9.45. The first kappa shape index (κ1) is 14.5. The van der Waals surface area contributed by atoms with E-state index in [1.165, 1.54) is 5.56 Å². The van der Waals surface area contributed by atoms with Crippen LogP contribution in [0.1, 0.15) is 40.9 Å². The van der Waals surface area contributed by atoms with E-state index in [0.29, 0.717) is 5.56 Å². The Morgan fingerprint density at radius 1 is 1.20 bits per heavy atom. The summed E-state index contributed by atoms with van der Waals surface area (Å²) < 4.78 is 1.66. The molecule has 3 heteroatoms. The summed E-state index contributed by atoms with van der Waals surface area (Å²) in [7, 11) is 1.79. The molecule has 0 fully saturated rings. The van der Waals surface area contributed by atoms with Crippen molar-refractivity contribution in [3.8, 4) is 0 Å². The number of nitrogens with two attached hydrogens (primary N) is 1. The van der Waals surface area contributed by atoms with Gasteiger partial charge < -0.3 is 10.3 Å². The average molecular weight is 270 g/mol. The molecule has 1 heterocycles. The Kier molecular flexibility index (Phi) is 4.09. The number of aryl methyl sites for hydroxylation is 3. The van der Waals surface area contributed by atoms with Crippen LogP contribution in [0.3, 0.4) is 0 Å². The van der Waals surface area contributed by atoms with Crippen molar-refractivity contribution >= 4 is 0 Å². The Labute approximate surface area is 120 Å². The molecule has 0 aliphatic carbocycles. The van der Waals surface area contributed by atoms with Crippen molar-refractivity contribution in [3.05, 3.63) is 68.6 Å². The highest BCUT2D eigenvalue weighted by molar-refractivity contribution is 5.37. The lowest BCUT2D eigenvalue weighted by atomic mass is 9.95. The van der Waals surface area contributed by atoms with Crippen LogP contribution >= 0.6 is 0 Å². The van der Waals surface area contributed by atoms with Crippen LogP contribution in [0.25, 0.3) is 0 Å². The Balaban J connectivity index is 2.50. The van der Waals surface area contributed by atoms with Crippen LogP contribution in [-0.4, -0.2) is 4.57 Å². The second kappa shape index (κ2) is 5.63. The van der Waals surface area contributed by atoms with Crippen molar-refractivity contribution in [3.63, 3.8) is 0 Å². The lowest BCUT2D eigenvalue weighted by Crippen LogP contribution is -2.29. The molecule has 0 bridgehead atoms. The van der Waals surface area contributed by atoms with Crippen molar-refractivity contribution in [1.29, 1.82) is 0 Å². The number of aromatic nitrogens is 1. The van der Waals surface area contributed by atoms with Gasteiger partial charge in [-0.05, 0) is 43.0 Å². The van der Waals surface area contributed by atoms with Gasteiger partial charge in [-0.25, -0.2) is 0 Å². The molecule has 2 aromatic rings. The van der Waals surface area contributed by atoms with Crippen molar-refractivity contribution in [2.24, 2.45) is 12.8 Å². The number of benzene rings is 1. The minimum Gasteiger partial charge on any atom is -0.320 e. The van der Waals surface area contributed by atoms with Gasteiger partial charge in [-0.3, -0.25) is 4.79 Å². The lowest BCUT2D eigenvalue weighted by molar-refractivity contribution is 0.754. The van der Waals surface area contributed by atoms with Crippen molar-refractivity contribution in [1.82, 2.24) is 4.57 Å². The van der Waals surface area contributed by atoms with E-state index < -0.39 is 0 Å². The molecule has 2 N–H and O–H groups in total. The maximum atomic E-state index is 12.4. The molecule has 106 valence electrons. The minimum atomic E-state index is -0.375. The van der Waals surface area contributed by atoms with E-state index in [4.69, 9.17) is 5.73 Å². The fourth-order valence-corrected chi connectivity index (χ4v) is 2.50. The van der Waals surface area contributed by atoms with Crippen LogP contribution in [0.5, 0.6) is 0 Å². The molecule has 0 amide bonds. The van der Waals surface area contributed by atoms with E-state index >= 15 is 0 Å². The maximum absolute atomic E-state index is 12.4. The molecule has 1 unspecified atom stereocenters. The summed E-state index contributed by atoms with van der Waals surface area (Å²) in [5, 5.41) is 0. The summed E-state index contributed by atoms with van der Waals surface area (Å²) in [4.78, 5) is 12.4. The van der Waals surface area contributed by atoms with Crippen LogP contribution in [0.2, 0.25) is 0 Å². The predicted molar refractivity (Wildman–Crippen MR) is 83.0 cm³/mol. The van der Waals surface area contributed by atoms with Gasteiger partial charge in [-0.2, -0.15) is 0 Å². The van der Waals surface area contributed by atoms with Crippen molar-refractivity contribution in [2.75, 3.05) is 0 Å². The Morgan fingerprint density at radius 2 is 1.80 bits per heavy atom. The van der Waals surface area contributed by atoms with Gasteiger partial charge in [0, 0.05) is 18.3 Å². The normalized spacial score (nSPS) is 12.4. The molecule has 1 atom stereocenters. The zero-order chi connectivity index (χ0) is 14.9. The average Bonchev–Trinajstić information content (AvgIpc) is 2.45. The molecule has 3 nitrogen and oxygen atoms in total. The van der Waals surface area contributed by atoms with Gasteiger partial charge in [0.1, 0.15) is 0 Å². The predicted octanol–water partition coefficient (Wildman–Crippen LogP) is 2.61. The van der Waals surface area contributed by atoms with Gasteiger partial charge >= 0.3 is 0 Å². The second-order valence-corrected chi connectivity index (χ2v) is 5.32. The third-order valence-electron chi connectivity index (χ3n) is 3.97. The highest BCUT2D eigenvalue weighted by Crippen LogP contribution is 2.21. The van der Waals surface area contributed by atoms with Gasteiger partial charge in [0.05, 0.1) is 6.04 Å². The number of nitrogens with zero attached hydrogens (tertiary/aromatic N) is 1. The minimum absolute atomic E-state index is 0.00503. The van der Waals surface area contributed by atoms with Gasteiger partial charge in [0.25, 0.3) is 5.56 Å². The summed E-state index contributed by atoms with van der Waals surface area (Å²) in [5.74, 6) is 0. The standard InChI is InChI=1S/C17H22N2O/c1-5-13-6-8-14(9-7-13)16(18)15-11(2)10-12(3)19(4)17(15)20/h6-10,16H,5,18H2,1-4H3. The largest absolute Gasteiger partial charge is 0.320 e. The smallest absolute Gasteiger partial charge is 0.255 e. The summed E-state index contributed by atoms with van der Waals surface area (Å²) in [6, 6.07) is 9.81. The zero-order valence-electron chi connectivity index (χ0n) is 12.6. The number of rotatable bonds is 3. The molecule has 2 rings (SSSR count). The van der Waals surface area contributed by atoms with E-state index in [1.807, 2.05) is 32.0 Å². The molecule has 20 heavy (non-hydrogen) atoms. The number of hydrogen-bond donors (Lipinski definition) is 1. The van der Waals surface area contributed by atoms with Crippen LogP contribution < -0.4 is 11.3 Å². The van der Waals surface area contributed by atoms with Gasteiger partial charge in [-0.1, -0.05) is 31.2 Å². The van der Waals surface area contributed by atoms with Crippen LogP contribution in [0, 0.1) is 13.8 Å². The Bertz CT molecular complexity index is 669. The third kappa shape index (κ3) is 2.54. The summed E-state index contributed by atoms with van der Waals surface area (Å²) >= 11 is 0. The van der Waals surface area contributed by atoms with Crippen molar-refractivity contribution < 1.29 is 0 Å². The van der Waals surface area contributed by atoms with E-state index in [-0.39, 0.29) is 11.6 Å². The molecule has 0 saturated heterocycles. The number of pyridine rings is 1. The highest BCUT2D eigenvalue weighted by atomic mass is 16.1. The third-order valence-corrected chi connectivity index (χ3v) is 3.97. The molecule has 0 saturated carbocycles. The molecule has 0 spiro atoms. The quantitative estimate of drug-likeness (QED) is 0.932. The zero-order valence-corrected chi connectivity index (χ0v) is 12.6. The van der Waals surface area contributed by atoms with Crippen LogP contribution in [-0.2, 0) is 13.5 Å². The number of hydrogen-bond acceptors (Lipinski definition) is 2.